The minimum atomic E-state index is -0.474. The Morgan fingerprint density at radius 1 is 1.65 bits per heavy atom. The van der Waals surface area contributed by atoms with Gasteiger partial charge in [0.2, 0.25) is 5.91 Å². The highest BCUT2D eigenvalue weighted by Gasteiger charge is 2.36. The lowest BCUT2D eigenvalue weighted by molar-refractivity contribution is -0.165. The smallest absolute Gasteiger partial charge is 0.249 e. The van der Waals surface area contributed by atoms with Crippen molar-refractivity contribution in [2.75, 3.05) is 19.8 Å². The summed E-state index contributed by atoms with van der Waals surface area (Å²) in [6.07, 6.45) is 3.52. The number of hydrogen-bond donors (Lipinski definition) is 2. The molecule has 0 spiro atoms. The molecule has 1 amide bonds. The fourth-order valence-corrected chi connectivity index (χ4v) is 2.10. The van der Waals surface area contributed by atoms with Crippen molar-refractivity contribution < 1.29 is 14.3 Å². The van der Waals surface area contributed by atoms with Crippen LogP contribution in [0.4, 0.5) is 0 Å². The molecule has 0 aromatic rings. The number of nitrogens with one attached hydrogen (secondary N) is 1. The number of carbonyl (C=O) groups is 1. The highest BCUT2D eigenvalue weighted by atomic mass is 16.6. The summed E-state index contributed by atoms with van der Waals surface area (Å²) in [5, 5.41) is 2.94. The van der Waals surface area contributed by atoms with E-state index in [9.17, 15) is 4.79 Å². The molecule has 5 heteroatoms. The Labute approximate surface area is 102 Å². The lowest BCUT2D eigenvalue weighted by atomic mass is 9.96. The summed E-state index contributed by atoms with van der Waals surface area (Å²) in [4.78, 5) is 11.8. The molecular formula is C12H22N2O3. The van der Waals surface area contributed by atoms with Crippen LogP contribution in [0.5, 0.6) is 0 Å². The lowest BCUT2D eigenvalue weighted by Gasteiger charge is -2.37. The molecule has 0 aromatic heterocycles. The average Bonchev–Trinajstić information content (AvgIpc) is 3.14. The molecule has 2 unspecified atom stereocenters. The lowest BCUT2D eigenvalue weighted by Crippen LogP contribution is -2.52. The number of amides is 1. The van der Waals surface area contributed by atoms with Crippen LogP contribution < -0.4 is 11.1 Å². The van der Waals surface area contributed by atoms with Gasteiger partial charge in [-0.3, -0.25) is 4.79 Å². The molecule has 5 nitrogen and oxygen atoms in total. The zero-order chi connectivity index (χ0) is 12.3. The number of hydrogen-bond acceptors (Lipinski definition) is 4. The quantitative estimate of drug-likeness (QED) is 0.721. The van der Waals surface area contributed by atoms with E-state index >= 15 is 0 Å². The van der Waals surface area contributed by atoms with E-state index in [-0.39, 0.29) is 5.91 Å². The van der Waals surface area contributed by atoms with Crippen molar-refractivity contribution in [3.8, 4) is 0 Å². The van der Waals surface area contributed by atoms with Crippen LogP contribution in [-0.2, 0) is 14.3 Å². The third-order valence-electron chi connectivity index (χ3n) is 3.38. The molecule has 3 N–H and O–H groups in total. The van der Waals surface area contributed by atoms with Crippen molar-refractivity contribution in [1.82, 2.24) is 5.32 Å². The summed E-state index contributed by atoms with van der Waals surface area (Å²) in [6.45, 7) is 3.43. The first-order valence-electron chi connectivity index (χ1n) is 6.41. The molecule has 0 bridgehead atoms. The van der Waals surface area contributed by atoms with Crippen molar-refractivity contribution in [2.24, 2.45) is 5.73 Å². The van der Waals surface area contributed by atoms with Gasteiger partial charge >= 0.3 is 0 Å². The molecule has 98 valence electrons. The maximum Gasteiger partial charge on any atom is 0.249 e. The maximum atomic E-state index is 11.8. The van der Waals surface area contributed by atoms with E-state index in [0.717, 1.165) is 32.3 Å². The Morgan fingerprint density at radius 3 is 2.94 bits per heavy atom. The van der Waals surface area contributed by atoms with Crippen molar-refractivity contribution in [2.45, 2.75) is 50.4 Å². The minimum Gasteiger partial charge on any atom is -0.378 e. The standard InChI is InChI=1S/C12H22N2O3/c1-9(11(15)14-10-3-4-10)17-12(7-13)5-2-6-16-8-12/h9-10H,2-8,13H2,1H3,(H,14,15). The predicted molar refractivity (Wildman–Crippen MR) is 63.6 cm³/mol. The molecule has 2 atom stereocenters. The second-order valence-corrected chi connectivity index (χ2v) is 5.09. The summed E-state index contributed by atoms with van der Waals surface area (Å²) in [7, 11) is 0. The number of ether oxygens (including phenoxy) is 2. The van der Waals surface area contributed by atoms with Gasteiger partial charge in [-0.1, -0.05) is 0 Å². The SMILES string of the molecule is CC(OC1(CN)CCCOC1)C(=O)NC1CC1. The van der Waals surface area contributed by atoms with Gasteiger partial charge < -0.3 is 20.5 Å². The summed E-state index contributed by atoms with van der Waals surface area (Å²) >= 11 is 0. The van der Waals surface area contributed by atoms with E-state index in [4.69, 9.17) is 15.2 Å². The van der Waals surface area contributed by atoms with Crippen LogP contribution in [0.1, 0.15) is 32.6 Å². The van der Waals surface area contributed by atoms with E-state index in [1.165, 1.54) is 0 Å². The first kappa shape index (κ1) is 12.8. The topological polar surface area (TPSA) is 73.6 Å². The third-order valence-corrected chi connectivity index (χ3v) is 3.38. The average molecular weight is 242 g/mol. The highest BCUT2D eigenvalue weighted by molar-refractivity contribution is 5.80. The molecule has 2 rings (SSSR count). The van der Waals surface area contributed by atoms with Crippen LogP contribution in [0.25, 0.3) is 0 Å². The van der Waals surface area contributed by atoms with Crippen molar-refractivity contribution in [3.63, 3.8) is 0 Å². The fourth-order valence-electron chi connectivity index (χ4n) is 2.10. The van der Waals surface area contributed by atoms with Gasteiger partial charge in [0.25, 0.3) is 0 Å². The zero-order valence-corrected chi connectivity index (χ0v) is 10.4. The number of carbonyl (C=O) groups excluding carboxylic acids is 1. The second kappa shape index (κ2) is 5.33. The van der Waals surface area contributed by atoms with Crippen molar-refractivity contribution >= 4 is 5.91 Å². The van der Waals surface area contributed by atoms with Gasteiger partial charge in [0.05, 0.1) is 6.61 Å². The van der Waals surface area contributed by atoms with E-state index in [1.807, 2.05) is 0 Å². The van der Waals surface area contributed by atoms with Crippen LogP contribution in [0.3, 0.4) is 0 Å². The largest absolute Gasteiger partial charge is 0.378 e. The van der Waals surface area contributed by atoms with Gasteiger partial charge in [-0.05, 0) is 32.6 Å². The molecule has 2 aliphatic rings. The van der Waals surface area contributed by atoms with E-state index in [2.05, 4.69) is 5.32 Å². The zero-order valence-electron chi connectivity index (χ0n) is 10.4. The van der Waals surface area contributed by atoms with Crippen LogP contribution in [0, 0.1) is 0 Å². The molecule has 0 aromatic carbocycles. The highest BCUT2D eigenvalue weighted by Crippen LogP contribution is 2.25. The van der Waals surface area contributed by atoms with Gasteiger partial charge in [-0.25, -0.2) is 0 Å². The van der Waals surface area contributed by atoms with Gasteiger partial charge in [-0.15, -0.1) is 0 Å². The molecule has 1 saturated heterocycles. The van der Waals surface area contributed by atoms with Gasteiger partial charge in [0.15, 0.2) is 0 Å². The summed E-state index contributed by atoms with van der Waals surface area (Å²) < 4.78 is 11.3. The molecule has 1 aliphatic carbocycles. The molecule has 17 heavy (non-hydrogen) atoms. The molecule has 1 saturated carbocycles. The molecular weight excluding hydrogens is 220 g/mol. The van der Waals surface area contributed by atoms with Crippen LogP contribution >= 0.6 is 0 Å². The summed E-state index contributed by atoms with van der Waals surface area (Å²) in [5.41, 5.74) is 5.29. The Morgan fingerprint density at radius 2 is 2.41 bits per heavy atom. The number of nitrogens with two attached hydrogens (primary N) is 1. The van der Waals surface area contributed by atoms with E-state index in [0.29, 0.717) is 19.2 Å². The first-order valence-corrected chi connectivity index (χ1v) is 6.41. The summed E-state index contributed by atoms with van der Waals surface area (Å²) in [6, 6.07) is 0.366. The second-order valence-electron chi connectivity index (χ2n) is 5.09. The van der Waals surface area contributed by atoms with E-state index in [1.54, 1.807) is 6.92 Å². The van der Waals surface area contributed by atoms with Crippen LogP contribution in [0.2, 0.25) is 0 Å². The molecule has 1 heterocycles. The Kier molecular flexibility index (Phi) is 4.01. The monoisotopic (exact) mass is 242 g/mol. The number of rotatable bonds is 5. The van der Waals surface area contributed by atoms with Gasteiger partial charge in [-0.2, -0.15) is 0 Å². The Bertz CT molecular complexity index is 273. The first-order chi connectivity index (χ1) is 8.15. The van der Waals surface area contributed by atoms with Crippen molar-refractivity contribution in [1.29, 1.82) is 0 Å². The normalized spacial score (nSPS) is 30.9. The minimum absolute atomic E-state index is 0.0362. The van der Waals surface area contributed by atoms with Crippen molar-refractivity contribution in [3.05, 3.63) is 0 Å². The molecule has 1 aliphatic heterocycles. The molecule has 0 radical (unpaired) electrons. The van der Waals surface area contributed by atoms with Crippen LogP contribution in [0.15, 0.2) is 0 Å². The maximum absolute atomic E-state index is 11.8. The Balaban J connectivity index is 1.85. The van der Waals surface area contributed by atoms with E-state index < -0.39 is 11.7 Å². The molecule has 2 fully saturated rings. The Hall–Kier alpha value is -0.650. The third kappa shape index (κ3) is 3.40. The predicted octanol–water partition coefficient (Wildman–Crippen LogP) is 0.178. The summed E-state index contributed by atoms with van der Waals surface area (Å²) in [5.74, 6) is -0.0362. The van der Waals surface area contributed by atoms with Gasteiger partial charge in [0, 0.05) is 19.2 Å². The fraction of sp³-hybridized carbons (Fsp3) is 0.917. The van der Waals surface area contributed by atoms with Crippen LogP contribution in [-0.4, -0.2) is 43.4 Å². The van der Waals surface area contributed by atoms with Gasteiger partial charge in [0.1, 0.15) is 11.7 Å².